The quantitative estimate of drug-likeness (QED) is 0.349. The van der Waals surface area contributed by atoms with Crippen LogP contribution in [0.25, 0.3) is 22.2 Å². The molecule has 1 aliphatic rings. The van der Waals surface area contributed by atoms with E-state index in [9.17, 15) is 9.59 Å². The molecule has 2 atom stereocenters. The Bertz CT molecular complexity index is 1830. The van der Waals surface area contributed by atoms with Gasteiger partial charge in [0.2, 0.25) is 0 Å². The van der Waals surface area contributed by atoms with Crippen LogP contribution >= 0.6 is 0 Å². The normalized spacial score (nSPS) is 15.7. The molecule has 39 heavy (non-hydrogen) atoms. The van der Waals surface area contributed by atoms with E-state index in [-0.39, 0.29) is 22.9 Å². The Kier molecular flexibility index (Phi) is 6.26. The number of ether oxygens (including phenoxy) is 1. The van der Waals surface area contributed by atoms with Gasteiger partial charge in [-0.15, -0.1) is 5.10 Å². The molecule has 3 N–H and O–H groups in total. The maximum Gasteiger partial charge on any atom is 0.267 e. The van der Waals surface area contributed by atoms with E-state index >= 15 is 0 Å². The summed E-state index contributed by atoms with van der Waals surface area (Å²) in [5.74, 6) is 6.52. The summed E-state index contributed by atoms with van der Waals surface area (Å²) in [4.78, 5) is 36.6. The van der Waals surface area contributed by atoms with E-state index in [2.05, 4.69) is 27.2 Å². The molecule has 3 aromatic heterocycles. The Balaban J connectivity index is 1.46. The van der Waals surface area contributed by atoms with Crippen molar-refractivity contribution in [3.05, 3.63) is 94.3 Å². The second-order valence-electron chi connectivity index (χ2n) is 9.32. The molecule has 0 bridgehead atoms. The van der Waals surface area contributed by atoms with Gasteiger partial charge in [-0.2, -0.15) is 0 Å². The van der Waals surface area contributed by atoms with Gasteiger partial charge in [0.25, 0.3) is 11.5 Å². The van der Waals surface area contributed by atoms with Crippen molar-refractivity contribution in [2.24, 2.45) is 5.92 Å². The van der Waals surface area contributed by atoms with Crippen molar-refractivity contribution in [3.8, 4) is 17.5 Å². The molecule has 1 fully saturated rings. The number of benzene rings is 2. The number of fused-ring (bicyclic) bond motifs is 2. The third-order valence-corrected chi connectivity index (χ3v) is 6.66. The van der Waals surface area contributed by atoms with E-state index in [1.807, 2.05) is 42.5 Å². The Hall–Kier alpha value is -5.01. The van der Waals surface area contributed by atoms with Crippen LogP contribution in [-0.2, 0) is 4.74 Å². The second-order valence-corrected chi connectivity index (χ2v) is 9.32. The molecule has 1 aliphatic heterocycles. The number of aromatic nitrogens is 5. The molecule has 5 aromatic rings. The van der Waals surface area contributed by atoms with Gasteiger partial charge >= 0.3 is 0 Å². The highest BCUT2D eigenvalue weighted by Crippen LogP contribution is 2.22. The number of nitrogens with zero attached hydrogens (tertiary/aromatic N) is 5. The van der Waals surface area contributed by atoms with Gasteiger partial charge in [0, 0.05) is 30.5 Å². The molecule has 0 spiro atoms. The number of nitrogens with one attached hydrogen (secondary N) is 1. The lowest BCUT2D eigenvalue weighted by atomic mass is 10.1. The highest BCUT2D eigenvalue weighted by molar-refractivity contribution is 6.04. The topological polar surface area (TPSA) is 129 Å². The Morgan fingerprint density at radius 2 is 2.03 bits per heavy atom. The zero-order valence-corrected chi connectivity index (χ0v) is 21.2. The van der Waals surface area contributed by atoms with E-state index in [0.717, 1.165) is 6.42 Å². The first-order chi connectivity index (χ1) is 19.0. The largest absolute Gasteiger partial charge is 0.381 e. The molecule has 1 unspecified atom stereocenters. The molecule has 0 aliphatic carbocycles. The maximum atomic E-state index is 14.1. The number of anilines is 1. The number of amides is 1. The molecular weight excluding hydrogens is 494 g/mol. The van der Waals surface area contributed by atoms with Crippen LogP contribution in [-0.4, -0.2) is 43.3 Å². The van der Waals surface area contributed by atoms with E-state index in [0.29, 0.717) is 46.8 Å². The number of nitrogen functional groups attached to an aromatic ring is 1. The van der Waals surface area contributed by atoms with Gasteiger partial charge < -0.3 is 15.8 Å². The first kappa shape index (κ1) is 24.3. The lowest BCUT2D eigenvalue weighted by Crippen LogP contribution is -2.33. The molecular formula is C29H25N7O3. The summed E-state index contributed by atoms with van der Waals surface area (Å²) >= 11 is 0. The minimum absolute atomic E-state index is 0.0567. The highest BCUT2D eigenvalue weighted by Gasteiger charge is 2.25. The van der Waals surface area contributed by atoms with E-state index in [1.165, 1.54) is 9.08 Å². The number of rotatable bonds is 4. The monoisotopic (exact) mass is 519 g/mol. The molecule has 194 valence electrons. The Morgan fingerprint density at radius 3 is 2.82 bits per heavy atom. The molecule has 0 saturated carbocycles. The predicted molar refractivity (Wildman–Crippen MR) is 146 cm³/mol. The van der Waals surface area contributed by atoms with E-state index < -0.39 is 11.9 Å². The van der Waals surface area contributed by atoms with Gasteiger partial charge in [0.1, 0.15) is 11.4 Å². The fourth-order valence-electron chi connectivity index (χ4n) is 4.75. The van der Waals surface area contributed by atoms with Gasteiger partial charge in [0.05, 0.1) is 29.2 Å². The number of hydrogen-bond donors (Lipinski definition) is 2. The van der Waals surface area contributed by atoms with Crippen LogP contribution in [0.1, 0.15) is 41.1 Å². The average molecular weight is 520 g/mol. The summed E-state index contributed by atoms with van der Waals surface area (Å²) < 4.78 is 8.40. The molecule has 1 saturated heterocycles. The van der Waals surface area contributed by atoms with Gasteiger partial charge in [0.15, 0.2) is 11.5 Å². The number of para-hydroxylation sites is 1. The minimum atomic E-state index is -0.668. The summed E-state index contributed by atoms with van der Waals surface area (Å²) in [5, 5.41) is 7.53. The SMILES string of the molecule is C[C@H](NC(=O)c1c(N)nn2cccnc12)c1nc2cccc(C#CC3CCOC3)c2c(=O)n1-c1ccccc1. The Labute approximate surface area is 223 Å². The van der Waals surface area contributed by atoms with Crippen LogP contribution in [0, 0.1) is 17.8 Å². The molecule has 10 nitrogen and oxygen atoms in total. The van der Waals surface area contributed by atoms with Gasteiger partial charge in [-0.25, -0.2) is 14.5 Å². The van der Waals surface area contributed by atoms with E-state index in [4.69, 9.17) is 15.5 Å². The minimum Gasteiger partial charge on any atom is -0.381 e. The summed E-state index contributed by atoms with van der Waals surface area (Å²) in [7, 11) is 0. The molecule has 2 aromatic carbocycles. The molecule has 0 radical (unpaired) electrons. The van der Waals surface area contributed by atoms with Crippen molar-refractivity contribution in [2.45, 2.75) is 19.4 Å². The summed E-state index contributed by atoms with van der Waals surface area (Å²) in [6.07, 6.45) is 4.10. The van der Waals surface area contributed by atoms with Crippen molar-refractivity contribution >= 4 is 28.3 Å². The summed E-state index contributed by atoms with van der Waals surface area (Å²) in [6.45, 7) is 3.06. The van der Waals surface area contributed by atoms with E-state index in [1.54, 1.807) is 31.5 Å². The van der Waals surface area contributed by atoms with Crippen molar-refractivity contribution in [2.75, 3.05) is 18.9 Å². The lowest BCUT2D eigenvalue weighted by Gasteiger charge is -2.20. The van der Waals surface area contributed by atoms with Crippen molar-refractivity contribution in [3.63, 3.8) is 0 Å². The van der Waals surface area contributed by atoms with Crippen molar-refractivity contribution in [1.82, 2.24) is 29.5 Å². The number of hydrogen-bond acceptors (Lipinski definition) is 7. The average Bonchev–Trinajstić information content (AvgIpc) is 3.59. The highest BCUT2D eigenvalue weighted by atomic mass is 16.5. The van der Waals surface area contributed by atoms with Crippen LogP contribution < -0.4 is 16.6 Å². The summed E-state index contributed by atoms with van der Waals surface area (Å²) in [6, 6.07) is 15.7. The van der Waals surface area contributed by atoms with Crippen LogP contribution in [0.4, 0.5) is 5.82 Å². The van der Waals surface area contributed by atoms with Crippen molar-refractivity contribution in [1.29, 1.82) is 0 Å². The van der Waals surface area contributed by atoms with Crippen molar-refractivity contribution < 1.29 is 9.53 Å². The molecule has 10 heteroatoms. The van der Waals surface area contributed by atoms with Gasteiger partial charge in [-0.3, -0.25) is 14.2 Å². The third kappa shape index (κ3) is 4.49. The fourth-order valence-corrected chi connectivity index (χ4v) is 4.75. The zero-order chi connectivity index (χ0) is 26.9. The second kappa shape index (κ2) is 10.0. The molecule has 6 rings (SSSR count). The summed E-state index contributed by atoms with van der Waals surface area (Å²) in [5.41, 5.74) is 8.00. The molecule has 1 amide bonds. The predicted octanol–water partition coefficient (Wildman–Crippen LogP) is 2.89. The number of carbonyl (C=O) groups is 1. The van der Waals surface area contributed by atoms with Crippen LogP contribution in [0.3, 0.4) is 0 Å². The fraction of sp³-hybridized carbons (Fsp3) is 0.207. The first-order valence-corrected chi connectivity index (χ1v) is 12.6. The third-order valence-electron chi connectivity index (χ3n) is 6.66. The molecule has 4 heterocycles. The number of carbonyl (C=O) groups excluding carboxylic acids is 1. The van der Waals surface area contributed by atoms with Crippen LogP contribution in [0.15, 0.2) is 71.8 Å². The Morgan fingerprint density at radius 1 is 1.18 bits per heavy atom. The standard InChI is InChI=1S/C29H25N7O3/c1-18(32-28(37)24-25(30)34-35-15-6-14-31-27(24)35)26-33-22-10-5-7-20(12-11-19-13-16-39-17-19)23(22)29(38)36(26)21-8-3-2-4-9-21/h2-10,14-15,18-19H,13,16-17H2,1H3,(H2,30,34)(H,32,37)/t18-,19?/m0/s1. The van der Waals surface area contributed by atoms with Crippen LogP contribution in [0.5, 0.6) is 0 Å². The number of nitrogens with two attached hydrogens (primary N) is 1. The van der Waals surface area contributed by atoms with Gasteiger partial charge in [-0.05, 0) is 43.7 Å². The zero-order valence-electron chi connectivity index (χ0n) is 21.2. The van der Waals surface area contributed by atoms with Gasteiger partial charge in [-0.1, -0.05) is 36.1 Å². The van der Waals surface area contributed by atoms with Crippen LogP contribution in [0.2, 0.25) is 0 Å². The first-order valence-electron chi connectivity index (χ1n) is 12.6. The lowest BCUT2D eigenvalue weighted by molar-refractivity contribution is 0.0940. The maximum absolute atomic E-state index is 14.1. The smallest absolute Gasteiger partial charge is 0.267 e.